The van der Waals surface area contributed by atoms with Crippen LogP contribution in [-0.4, -0.2) is 66.6 Å². The van der Waals surface area contributed by atoms with E-state index in [0.717, 1.165) is 19.5 Å². The summed E-state index contributed by atoms with van der Waals surface area (Å²) in [6.45, 7) is 6.38. The van der Waals surface area contributed by atoms with Crippen molar-refractivity contribution in [3.05, 3.63) is 0 Å². The minimum absolute atomic E-state index is 0.223. The minimum atomic E-state index is -0.573. The molecule has 2 rings (SSSR count). The van der Waals surface area contributed by atoms with Gasteiger partial charge in [-0.3, -0.25) is 9.69 Å². The van der Waals surface area contributed by atoms with E-state index in [1.165, 1.54) is 19.3 Å². The number of rotatable bonds is 7. The molecule has 0 bridgehead atoms. The summed E-state index contributed by atoms with van der Waals surface area (Å²) in [7, 11) is 4.28. The number of likely N-dealkylation sites (tertiary alicyclic amines) is 1. The van der Waals surface area contributed by atoms with Crippen molar-refractivity contribution in [1.82, 2.24) is 15.1 Å². The number of amides is 1. The number of carbonyl (C=O) groups is 1. The van der Waals surface area contributed by atoms with Crippen molar-refractivity contribution in [3.63, 3.8) is 0 Å². The summed E-state index contributed by atoms with van der Waals surface area (Å²) < 4.78 is 0. The number of likely N-dealkylation sites (N-methyl/N-ethyl adjacent to an activating group) is 1. The molecule has 0 spiro atoms. The van der Waals surface area contributed by atoms with Crippen LogP contribution in [0.2, 0.25) is 0 Å². The summed E-state index contributed by atoms with van der Waals surface area (Å²) in [6.07, 6.45) is 4.34. The van der Waals surface area contributed by atoms with Gasteiger partial charge in [0.05, 0.1) is 5.54 Å². The molecule has 1 aliphatic carbocycles. The van der Waals surface area contributed by atoms with Crippen LogP contribution in [0.3, 0.4) is 0 Å². The highest BCUT2D eigenvalue weighted by Gasteiger charge is 2.40. The predicted octanol–water partition coefficient (Wildman–Crippen LogP) is 0.397. The van der Waals surface area contributed by atoms with E-state index in [1.54, 1.807) is 0 Å². The molecule has 3 atom stereocenters. The van der Waals surface area contributed by atoms with Gasteiger partial charge in [-0.1, -0.05) is 0 Å². The van der Waals surface area contributed by atoms with Gasteiger partial charge in [-0.25, -0.2) is 0 Å². The predicted molar refractivity (Wildman–Crippen MR) is 81.5 cm³/mol. The zero-order valence-electron chi connectivity index (χ0n) is 13.4. The van der Waals surface area contributed by atoms with Gasteiger partial charge >= 0.3 is 0 Å². The SMILES string of the molecule is CC(CC(C)(NC1CC1)C(N)=O)N1CCC(N(C)C)C1. The maximum absolute atomic E-state index is 11.8. The maximum atomic E-state index is 11.8. The molecule has 0 aromatic rings. The van der Waals surface area contributed by atoms with Gasteiger partial charge in [0.25, 0.3) is 0 Å². The molecule has 0 aromatic heterocycles. The Labute approximate surface area is 122 Å². The first-order valence-corrected chi connectivity index (χ1v) is 7.80. The highest BCUT2D eigenvalue weighted by molar-refractivity contribution is 5.84. The number of hydrogen-bond acceptors (Lipinski definition) is 4. The van der Waals surface area contributed by atoms with Crippen LogP contribution in [0.5, 0.6) is 0 Å². The third kappa shape index (κ3) is 3.71. The fraction of sp³-hybridized carbons (Fsp3) is 0.933. The van der Waals surface area contributed by atoms with E-state index in [2.05, 4.69) is 36.1 Å². The van der Waals surface area contributed by atoms with Gasteiger partial charge in [-0.15, -0.1) is 0 Å². The van der Waals surface area contributed by atoms with Crippen molar-refractivity contribution in [2.75, 3.05) is 27.2 Å². The van der Waals surface area contributed by atoms with Crippen LogP contribution in [0.25, 0.3) is 0 Å². The lowest BCUT2D eigenvalue weighted by Gasteiger charge is -2.34. The molecule has 1 aliphatic heterocycles. The Hall–Kier alpha value is -0.650. The first-order valence-electron chi connectivity index (χ1n) is 7.80. The van der Waals surface area contributed by atoms with E-state index < -0.39 is 5.54 Å². The number of nitrogens with two attached hydrogens (primary N) is 1. The molecule has 1 saturated carbocycles. The molecule has 3 unspecified atom stereocenters. The molecular formula is C15H30N4O. The van der Waals surface area contributed by atoms with Gasteiger partial charge in [-0.05, 0) is 53.6 Å². The van der Waals surface area contributed by atoms with E-state index in [4.69, 9.17) is 5.73 Å². The molecule has 2 aliphatic rings. The molecule has 2 fully saturated rings. The zero-order chi connectivity index (χ0) is 14.9. The first kappa shape index (κ1) is 15.7. The number of nitrogens with one attached hydrogen (secondary N) is 1. The monoisotopic (exact) mass is 282 g/mol. The largest absolute Gasteiger partial charge is 0.368 e. The summed E-state index contributed by atoms with van der Waals surface area (Å²) in [5, 5.41) is 3.44. The lowest BCUT2D eigenvalue weighted by molar-refractivity contribution is -0.124. The molecular weight excluding hydrogens is 252 g/mol. The highest BCUT2D eigenvalue weighted by atomic mass is 16.1. The quantitative estimate of drug-likeness (QED) is 0.709. The van der Waals surface area contributed by atoms with Crippen LogP contribution in [0.4, 0.5) is 0 Å². The average molecular weight is 282 g/mol. The van der Waals surface area contributed by atoms with Gasteiger partial charge in [0.15, 0.2) is 0 Å². The lowest BCUT2D eigenvalue weighted by Crippen LogP contribution is -2.57. The van der Waals surface area contributed by atoms with E-state index >= 15 is 0 Å². The molecule has 5 heteroatoms. The Kier molecular flexibility index (Phi) is 4.72. The zero-order valence-corrected chi connectivity index (χ0v) is 13.4. The fourth-order valence-corrected chi connectivity index (χ4v) is 3.22. The van der Waals surface area contributed by atoms with E-state index in [-0.39, 0.29) is 5.91 Å². The first-order chi connectivity index (χ1) is 9.32. The Morgan fingerprint density at radius 2 is 2.10 bits per heavy atom. The molecule has 1 amide bonds. The third-order valence-electron chi connectivity index (χ3n) is 4.90. The minimum Gasteiger partial charge on any atom is -0.368 e. The number of hydrogen-bond donors (Lipinski definition) is 2. The molecule has 0 aromatic carbocycles. The number of primary amides is 1. The summed E-state index contributed by atoms with van der Waals surface area (Å²) in [5.41, 5.74) is 5.07. The molecule has 0 radical (unpaired) electrons. The van der Waals surface area contributed by atoms with Crippen molar-refractivity contribution in [1.29, 1.82) is 0 Å². The molecule has 20 heavy (non-hydrogen) atoms. The van der Waals surface area contributed by atoms with Gasteiger partial charge in [-0.2, -0.15) is 0 Å². The van der Waals surface area contributed by atoms with Crippen molar-refractivity contribution in [3.8, 4) is 0 Å². The normalized spacial score (nSPS) is 28.6. The highest BCUT2D eigenvalue weighted by Crippen LogP contribution is 2.27. The van der Waals surface area contributed by atoms with Crippen molar-refractivity contribution >= 4 is 5.91 Å². The summed E-state index contributed by atoms with van der Waals surface area (Å²) in [4.78, 5) is 16.6. The molecule has 1 heterocycles. The van der Waals surface area contributed by atoms with Gasteiger partial charge in [0.1, 0.15) is 0 Å². The maximum Gasteiger partial charge on any atom is 0.237 e. The number of carbonyl (C=O) groups excluding carboxylic acids is 1. The third-order valence-corrected chi connectivity index (χ3v) is 4.90. The van der Waals surface area contributed by atoms with Crippen LogP contribution in [-0.2, 0) is 4.79 Å². The second kappa shape index (κ2) is 6.00. The van der Waals surface area contributed by atoms with Crippen molar-refractivity contribution in [2.24, 2.45) is 5.73 Å². The van der Waals surface area contributed by atoms with Gasteiger partial charge in [0, 0.05) is 31.2 Å². The smallest absolute Gasteiger partial charge is 0.237 e. The Morgan fingerprint density at radius 3 is 2.55 bits per heavy atom. The molecule has 3 N–H and O–H groups in total. The van der Waals surface area contributed by atoms with Gasteiger partial charge < -0.3 is 16.0 Å². The standard InChI is InChI=1S/C15H30N4O/c1-11(19-8-7-13(10-19)18(3)4)9-15(2,14(16)20)17-12-5-6-12/h11-13,17H,5-10H2,1-4H3,(H2,16,20). The van der Waals surface area contributed by atoms with E-state index in [1.807, 2.05) is 6.92 Å². The average Bonchev–Trinajstić information content (AvgIpc) is 3.01. The molecule has 1 saturated heterocycles. The summed E-state index contributed by atoms with van der Waals surface area (Å²) in [5.74, 6) is -0.223. The summed E-state index contributed by atoms with van der Waals surface area (Å²) in [6, 6.07) is 1.50. The topological polar surface area (TPSA) is 61.6 Å². The van der Waals surface area contributed by atoms with Crippen LogP contribution in [0, 0.1) is 0 Å². The summed E-state index contributed by atoms with van der Waals surface area (Å²) >= 11 is 0. The molecule has 5 nitrogen and oxygen atoms in total. The Bertz CT molecular complexity index is 356. The van der Waals surface area contributed by atoms with E-state index in [0.29, 0.717) is 18.1 Å². The number of nitrogens with zero attached hydrogens (tertiary/aromatic N) is 2. The van der Waals surface area contributed by atoms with Crippen LogP contribution >= 0.6 is 0 Å². The molecule has 116 valence electrons. The second-order valence-corrected chi connectivity index (χ2v) is 7.07. The van der Waals surface area contributed by atoms with Crippen LogP contribution in [0.15, 0.2) is 0 Å². The lowest BCUT2D eigenvalue weighted by atomic mass is 9.92. The van der Waals surface area contributed by atoms with Gasteiger partial charge in [0.2, 0.25) is 5.91 Å². The van der Waals surface area contributed by atoms with Crippen LogP contribution in [0.1, 0.15) is 39.5 Å². The van der Waals surface area contributed by atoms with Crippen molar-refractivity contribution < 1.29 is 4.79 Å². The Morgan fingerprint density at radius 1 is 1.45 bits per heavy atom. The Balaban J connectivity index is 1.91. The second-order valence-electron chi connectivity index (χ2n) is 7.07. The fourth-order valence-electron chi connectivity index (χ4n) is 3.22. The van der Waals surface area contributed by atoms with Crippen LogP contribution < -0.4 is 11.1 Å². The van der Waals surface area contributed by atoms with E-state index in [9.17, 15) is 4.79 Å². The van der Waals surface area contributed by atoms with Crippen molar-refractivity contribution in [2.45, 2.75) is 63.2 Å².